The Morgan fingerprint density at radius 3 is 2.58 bits per heavy atom. The summed E-state index contributed by atoms with van der Waals surface area (Å²) in [7, 11) is 0. The van der Waals surface area contributed by atoms with E-state index in [0.717, 1.165) is 36.8 Å². The zero-order valence-electron chi connectivity index (χ0n) is 11.4. The lowest BCUT2D eigenvalue weighted by molar-refractivity contribution is 0.459. The Morgan fingerprint density at radius 2 is 1.89 bits per heavy atom. The fraction of sp³-hybridized carbons (Fsp3) is 0.333. The van der Waals surface area contributed by atoms with Gasteiger partial charge in [0.2, 0.25) is 5.88 Å². The van der Waals surface area contributed by atoms with Crippen LogP contribution in [0.1, 0.15) is 26.1 Å². The molecule has 2 rings (SSSR count). The van der Waals surface area contributed by atoms with Crippen molar-refractivity contribution in [3.8, 4) is 11.6 Å². The maximum atomic E-state index is 5.75. The summed E-state index contributed by atoms with van der Waals surface area (Å²) in [5.74, 6) is 2.97. The molecule has 1 heterocycles. The predicted molar refractivity (Wildman–Crippen MR) is 76.7 cm³/mol. The van der Waals surface area contributed by atoms with E-state index in [1.165, 1.54) is 0 Å². The van der Waals surface area contributed by atoms with Gasteiger partial charge in [-0.05, 0) is 18.6 Å². The molecular formula is C15H19N3O. The van der Waals surface area contributed by atoms with Crippen molar-refractivity contribution in [1.82, 2.24) is 9.97 Å². The third-order valence-corrected chi connectivity index (χ3v) is 2.59. The first-order valence-electron chi connectivity index (χ1n) is 6.66. The molecule has 0 saturated heterocycles. The van der Waals surface area contributed by atoms with E-state index in [9.17, 15) is 0 Å². The molecule has 0 fully saturated rings. The number of nitrogens with one attached hydrogen (secondary N) is 1. The summed E-state index contributed by atoms with van der Waals surface area (Å²) in [5, 5.41) is 3.26. The smallest absolute Gasteiger partial charge is 0.224 e. The van der Waals surface area contributed by atoms with Gasteiger partial charge in [-0.3, -0.25) is 0 Å². The summed E-state index contributed by atoms with van der Waals surface area (Å²) in [6, 6.07) is 11.5. The number of benzene rings is 1. The fourth-order valence-corrected chi connectivity index (χ4v) is 1.64. The normalized spacial score (nSPS) is 10.2. The Morgan fingerprint density at radius 1 is 1.11 bits per heavy atom. The van der Waals surface area contributed by atoms with E-state index >= 15 is 0 Å². The zero-order valence-corrected chi connectivity index (χ0v) is 11.4. The van der Waals surface area contributed by atoms with E-state index in [2.05, 4.69) is 22.2 Å². The van der Waals surface area contributed by atoms with Crippen molar-refractivity contribution in [1.29, 1.82) is 0 Å². The van der Waals surface area contributed by atoms with Crippen LogP contribution >= 0.6 is 0 Å². The largest absolute Gasteiger partial charge is 0.439 e. The van der Waals surface area contributed by atoms with Gasteiger partial charge in [0.05, 0.1) is 0 Å². The molecule has 0 spiro atoms. The average Bonchev–Trinajstić information content (AvgIpc) is 2.46. The number of hydrogen-bond acceptors (Lipinski definition) is 4. The Kier molecular flexibility index (Phi) is 4.72. The third-order valence-electron chi connectivity index (χ3n) is 2.59. The molecule has 2 aromatic rings. The topological polar surface area (TPSA) is 47.0 Å². The van der Waals surface area contributed by atoms with Gasteiger partial charge >= 0.3 is 0 Å². The second kappa shape index (κ2) is 6.73. The summed E-state index contributed by atoms with van der Waals surface area (Å²) < 4.78 is 5.75. The highest BCUT2D eigenvalue weighted by atomic mass is 16.5. The average molecular weight is 257 g/mol. The molecular weight excluding hydrogens is 238 g/mol. The van der Waals surface area contributed by atoms with Crippen LogP contribution in [0.5, 0.6) is 11.6 Å². The van der Waals surface area contributed by atoms with Crippen LogP contribution in [0.25, 0.3) is 0 Å². The van der Waals surface area contributed by atoms with Crippen LogP contribution in [0.3, 0.4) is 0 Å². The highest BCUT2D eigenvalue weighted by Crippen LogP contribution is 2.21. The summed E-state index contributed by atoms with van der Waals surface area (Å²) >= 11 is 0. The van der Waals surface area contributed by atoms with E-state index in [4.69, 9.17) is 4.74 Å². The van der Waals surface area contributed by atoms with E-state index in [-0.39, 0.29) is 0 Å². The summed E-state index contributed by atoms with van der Waals surface area (Å²) in [6.07, 6.45) is 1.84. The molecule has 4 heteroatoms. The molecule has 0 atom stereocenters. The number of rotatable bonds is 6. The van der Waals surface area contributed by atoms with Crippen molar-refractivity contribution in [3.63, 3.8) is 0 Å². The van der Waals surface area contributed by atoms with Gasteiger partial charge in [-0.2, -0.15) is 4.98 Å². The maximum Gasteiger partial charge on any atom is 0.224 e. The van der Waals surface area contributed by atoms with Gasteiger partial charge in [0.25, 0.3) is 0 Å². The SMILES string of the molecule is CCCNc1cc(Oc2ccccc2)nc(CC)n1. The highest BCUT2D eigenvalue weighted by molar-refractivity contribution is 5.40. The molecule has 1 aromatic carbocycles. The zero-order chi connectivity index (χ0) is 13.5. The number of anilines is 1. The minimum Gasteiger partial charge on any atom is -0.439 e. The van der Waals surface area contributed by atoms with Crippen LogP contribution < -0.4 is 10.1 Å². The Bertz CT molecular complexity index is 514. The first kappa shape index (κ1) is 13.3. The van der Waals surface area contributed by atoms with Gasteiger partial charge < -0.3 is 10.1 Å². The lowest BCUT2D eigenvalue weighted by atomic mass is 10.3. The predicted octanol–water partition coefficient (Wildman–Crippen LogP) is 3.65. The van der Waals surface area contributed by atoms with Crippen LogP contribution in [0.2, 0.25) is 0 Å². The second-order valence-corrected chi connectivity index (χ2v) is 4.20. The molecule has 0 aliphatic heterocycles. The molecule has 0 aliphatic carbocycles. The van der Waals surface area contributed by atoms with Gasteiger partial charge in [-0.15, -0.1) is 0 Å². The molecule has 4 nitrogen and oxygen atoms in total. The third kappa shape index (κ3) is 3.95. The number of aromatic nitrogens is 2. The van der Waals surface area contributed by atoms with Gasteiger partial charge in [-0.25, -0.2) is 4.98 Å². The van der Waals surface area contributed by atoms with E-state index in [1.54, 1.807) is 0 Å². The Hall–Kier alpha value is -2.10. The van der Waals surface area contributed by atoms with Crippen molar-refractivity contribution < 1.29 is 4.74 Å². The van der Waals surface area contributed by atoms with Crippen LogP contribution in [0.15, 0.2) is 36.4 Å². The van der Waals surface area contributed by atoms with E-state index in [1.807, 2.05) is 43.3 Å². The second-order valence-electron chi connectivity index (χ2n) is 4.20. The minimum atomic E-state index is 0.580. The summed E-state index contributed by atoms with van der Waals surface area (Å²) in [6.45, 7) is 5.05. The monoisotopic (exact) mass is 257 g/mol. The minimum absolute atomic E-state index is 0.580. The van der Waals surface area contributed by atoms with Crippen LogP contribution in [-0.2, 0) is 6.42 Å². The lowest BCUT2D eigenvalue weighted by Gasteiger charge is -2.09. The maximum absolute atomic E-state index is 5.75. The number of nitrogens with zero attached hydrogens (tertiary/aromatic N) is 2. The van der Waals surface area contributed by atoms with E-state index < -0.39 is 0 Å². The quantitative estimate of drug-likeness (QED) is 0.858. The van der Waals surface area contributed by atoms with Crippen LogP contribution in [-0.4, -0.2) is 16.5 Å². The molecule has 1 aromatic heterocycles. The van der Waals surface area contributed by atoms with Crippen molar-refractivity contribution in [2.24, 2.45) is 0 Å². The van der Waals surface area contributed by atoms with Gasteiger partial charge in [0, 0.05) is 19.0 Å². The number of hydrogen-bond donors (Lipinski definition) is 1. The molecule has 0 bridgehead atoms. The van der Waals surface area contributed by atoms with Crippen molar-refractivity contribution in [2.75, 3.05) is 11.9 Å². The molecule has 0 saturated carbocycles. The van der Waals surface area contributed by atoms with Crippen LogP contribution in [0, 0.1) is 0 Å². The van der Waals surface area contributed by atoms with Crippen molar-refractivity contribution in [2.45, 2.75) is 26.7 Å². The first-order chi connectivity index (χ1) is 9.31. The molecule has 100 valence electrons. The summed E-state index contributed by atoms with van der Waals surface area (Å²) in [5.41, 5.74) is 0. The molecule has 19 heavy (non-hydrogen) atoms. The summed E-state index contributed by atoms with van der Waals surface area (Å²) in [4.78, 5) is 8.81. The molecule has 1 N–H and O–H groups in total. The highest BCUT2D eigenvalue weighted by Gasteiger charge is 2.05. The number of para-hydroxylation sites is 1. The van der Waals surface area contributed by atoms with E-state index in [0.29, 0.717) is 5.88 Å². The molecule has 0 aliphatic rings. The molecule has 0 radical (unpaired) electrons. The molecule has 0 unspecified atom stereocenters. The van der Waals surface area contributed by atoms with Crippen LogP contribution in [0.4, 0.5) is 5.82 Å². The Labute approximate surface area is 113 Å². The molecule has 0 amide bonds. The number of aryl methyl sites for hydroxylation is 1. The fourth-order valence-electron chi connectivity index (χ4n) is 1.64. The van der Waals surface area contributed by atoms with Gasteiger partial charge in [0.1, 0.15) is 17.4 Å². The Balaban J connectivity index is 2.19. The van der Waals surface area contributed by atoms with Crippen molar-refractivity contribution >= 4 is 5.82 Å². The van der Waals surface area contributed by atoms with Crippen molar-refractivity contribution in [3.05, 3.63) is 42.2 Å². The number of ether oxygens (including phenoxy) is 1. The standard InChI is InChI=1S/C15H19N3O/c1-3-10-16-14-11-15(18-13(4-2)17-14)19-12-8-6-5-7-9-12/h5-9,11H,3-4,10H2,1-2H3,(H,16,17,18). The first-order valence-corrected chi connectivity index (χ1v) is 6.66. The van der Waals surface area contributed by atoms with Gasteiger partial charge in [0.15, 0.2) is 0 Å². The van der Waals surface area contributed by atoms with Gasteiger partial charge in [-0.1, -0.05) is 32.0 Å². The lowest BCUT2D eigenvalue weighted by Crippen LogP contribution is -2.05.